The Bertz CT molecular complexity index is 919. The van der Waals surface area contributed by atoms with Crippen molar-refractivity contribution in [3.05, 3.63) is 65.8 Å². The summed E-state index contributed by atoms with van der Waals surface area (Å²) in [6.45, 7) is 3.70. The van der Waals surface area contributed by atoms with E-state index in [-0.39, 0.29) is 43.9 Å². The zero-order chi connectivity index (χ0) is 23.3. The molecule has 0 heterocycles. The van der Waals surface area contributed by atoms with Gasteiger partial charge in [0.25, 0.3) is 0 Å². The van der Waals surface area contributed by atoms with Crippen LogP contribution >= 0.6 is 0 Å². The van der Waals surface area contributed by atoms with Gasteiger partial charge >= 0.3 is 0 Å². The first kappa shape index (κ1) is 24.9. The van der Waals surface area contributed by atoms with Crippen molar-refractivity contribution < 1.29 is 38.3 Å². The van der Waals surface area contributed by atoms with Crippen LogP contribution in [0.15, 0.2) is 49.1 Å². The SMILES string of the molecule is C=CCc1c(OCOC)cc(OCOC)c(C(=O)/C=C/c2ccc(OCOC)cc2)c1O. The Hall–Kier alpha value is -3.33. The number of phenols is 1. The molecule has 0 aliphatic heterocycles. The Morgan fingerprint density at radius 2 is 1.53 bits per heavy atom. The van der Waals surface area contributed by atoms with E-state index in [0.29, 0.717) is 17.1 Å². The second-order valence-corrected chi connectivity index (χ2v) is 6.49. The number of carbonyl (C=O) groups is 1. The number of methoxy groups -OCH3 is 3. The third kappa shape index (κ3) is 6.84. The zero-order valence-electron chi connectivity index (χ0n) is 18.5. The molecule has 0 unspecified atom stereocenters. The third-order valence-electron chi connectivity index (χ3n) is 4.24. The average molecular weight is 444 g/mol. The van der Waals surface area contributed by atoms with Crippen LogP contribution in [0.25, 0.3) is 6.08 Å². The van der Waals surface area contributed by atoms with Gasteiger partial charge in [0.05, 0.1) is 0 Å². The second-order valence-electron chi connectivity index (χ2n) is 6.49. The zero-order valence-corrected chi connectivity index (χ0v) is 18.5. The predicted molar refractivity (Wildman–Crippen MR) is 119 cm³/mol. The molecule has 0 amide bonds. The molecule has 0 aliphatic carbocycles. The number of ether oxygens (including phenoxy) is 6. The highest BCUT2D eigenvalue weighted by Gasteiger charge is 2.23. The van der Waals surface area contributed by atoms with Gasteiger partial charge in [-0.15, -0.1) is 6.58 Å². The number of hydrogen-bond donors (Lipinski definition) is 1. The molecule has 0 aliphatic rings. The first-order chi connectivity index (χ1) is 15.5. The summed E-state index contributed by atoms with van der Waals surface area (Å²) in [4.78, 5) is 13.0. The number of phenolic OH excluding ortho intramolecular Hbond substituents is 1. The standard InChI is InChI=1S/C24H28O8/c1-5-6-19-21(31-15-28-3)13-22(32-16-29-4)23(24(19)26)20(25)12-9-17-7-10-18(11-8-17)30-14-27-2/h5,7-13,26H,1,6,14-16H2,2-4H3/b12-9+. The van der Waals surface area contributed by atoms with E-state index in [2.05, 4.69) is 6.58 Å². The van der Waals surface area contributed by atoms with Gasteiger partial charge in [-0.3, -0.25) is 4.79 Å². The summed E-state index contributed by atoms with van der Waals surface area (Å²) in [6, 6.07) is 8.64. The number of carbonyl (C=O) groups excluding carboxylic acids is 1. The predicted octanol–water partition coefficient (Wildman–Crippen LogP) is 3.96. The molecule has 172 valence electrons. The van der Waals surface area contributed by atoms with Crippen molar-refractivity contribution in [3.8, 4) is 23.0 Å². The molecule has 0 saturated heterocycles. The maximum Gasteiger partial charge on any atom is 0.193 e. The first-order valence-electron chi connectivity index (χ1n) is 9.73. The van der Waals surface area contributed by atoms with E-state index in [1.54, 1.807) is 43.5 Å². The van der Waals surface area contributed by atoms with E-state index in [4.69, 9.17) is 28.4 Å². The quantitative estimate of drug-likeness (QED) is 0.203. The Balaban J connectivity index is 2.37. The van der Waals surface area contributed by atoms with E-state index < -0.39 is 5.78 Å². The highest BCUT2D eigenvalue weighted by atomic mass is 16.7. The highest BCUT2D eigenvalue weighted by molar-refractivity contribution is 6.11. The molecule has 0 radical (unpaired) electrons. The van der Waals surface area contributed by atoms with Gasteiger partial charge in [-0.1, -0.05) is 24.3 Å². The minimum Gasteiger partial charge on any atom is -0.507 e. The van der Waals surface area contributed by atoms with Crippen molar-refractivity contribution in [1.82, 2.24) is 0 Å². The van der Waals surface area contributed by atoms with Crippen molar-refractivity contribution in [2.75, 3.05) is 41.7 Å². The van der Waals surface area contributed by atoms with Crippen LogP contribution in [0.2, 0.25) is 0 Å². The molecule has 0 saturated carbocycles. The lowest BCUT2D eigenvalue weighted by molar-refractivity contribution is 0.0449. The molecule has 2 aromatic rings. The summed E-state index contributed by atoms with van der Waals surface area (Å²) < 4.78 is 31.2. The smallest absolute Gasteiger partial charge is 0.193 e. The largest absolute Gasteiger partial charge is 0.507 e. The van der Waals surface area contributed by atoms with Gasteiger partial charge in [-0.2, -0.15) is 0 Å². The first-order valence-corrected chi connectivity index (χ1v) is 9.73. The molecule has 0 atom stereocenters. The van der Waals surface area contributed by atoms with Gasteiger partial charge in [-0.05, 0) is 30.2 Å². The molecule has 0 bridgehead atoms. The van der Waals surface area contributed by atoms with Crippen LogP contribution in [0.3, 0.4) is 0 Å². The lowest BCUT2D eigenvalue weighted by Gasteiger charge is -2.17. The van der Waals surface area contributed by atoms with E-state index in [0.717, 1.165) is 5.56 Å². The van der Waals surface area contributed by atoms with Crippen molar-refractivity contribution in [2.24, 2.45) is 0 Å². The van der Waals surface area contributed by atoms with Crippen LogP contribution in [0, 0.1) is 0 Å². The van der Waals surface area contributed by atoms with Crippen LogP contribution in [0.5, 0.6) is 23.0 Å². The van der Waals surface area contributed by atoms with Crippen LogP contribution in [-0.4, -0.2) is 52.6 Å². The summed E-state index contributed by atoms with van der Waals surface area (Å²) in [5.41, 5.74) is 1.17. The van der Waals surface area contributed by atoms with Crippen LogP contribution in [0.1, 0.15) is 21.5 Å². The highest BCUT2D eigenvalue weighted by Crippen LogP contribution is 2.40. The van der Waals surface area contributed by atoms with E-state index in [9.17, 15) is 9.90 Å². The lowest BCUT2D eigenvalue weighted by Crippen LogP contribution is -2.09. The Morgan fingerprint density at radius 3 is 2.12 bits per heavy atom. The number of ketones is 1. The molecule has 0 fully saturated rings. The summed E-state index contributed by atoms with van der Waals surface area (Å²) in [5, 5.41) is 10.9. The van der Waals surface area contributed by atoms with Crippen LogP contribution < -0.4 is 14.2 Å². The molecule has 32 heavy (non-hydrogen) atoms. The van der Waals surface area contributed by atoms with Gasteiger partial charge in [-0.25, -0.2) is 0 Å². The molecular weight excluding hydrogens is 416 g/mol. The number of benzene rings is 2. The topological polar surface area (TPSA) is 92.7 Å². The van der Waals surface area contributed by atoms with Crippen LogP contribution in [-0.2, 0) is 20.6 Å². The minimum atomic E-state index is -0.447. The fourth-order valence-corrected chi connectivity index (χ4v) is 2.79. The minimum absolute atomic E-state index is 0.0000325. The van der Waals surface area contributed by atoms with Gasteiger partial charge < -0.3 is 33.5 Å². The summed E-state index contributed by atoms with van der Waals surface area (Å²) in [6.07, 6.45) is 4.86. The van der Waals surface area contributed by atoms with E-state index in [1.807, 2.05) is 0 Å². The second kappa shape index (κ2) is 13.2. The maximum atomic E-state index is 13.0. The molecule has 0 aromatic heterocycles. The van der Waals surface area contributed by atoms with Gasteiger partial charge in [0.2, 0.25) is 0 Å². The molecule has 1 N–H and O–H groups in total. The monoisotopic (exact) mass is 444 g/mol. The molecule has 2 aromatic carbocycles. The number of allylic oxidation sites excluding steroid dienone is 2. The summed E-state index contributed by atoms with van der Waals surface area (Å²) in [5.74, 6) is 0.396. The van der Waals surface area contributed by atoms with Crippen LogP contribution in [0.4, 0.5) is 0 Å². The Morgan fingerprint density at radius 1 is 0.938 bits per heavy atom. The summed E-state index contributed by atoms with van der Waals surface area (Å²) >= 11 is 0. The Labute approximate surface area is 187 Å². The molecule has 2 rings (SSSR count). The maximum absolute atomic E-state index is 13.0. The van der Waals surface area contributed by atoms with E-state index >= 15 is 0 Å². The molecule has 8 nitrogen and oxygen atoms in total. The average Bonchev–Trinajstić information content (AvgIpc) is 2.81. The van der Waals surface area contributed by atoms with E-state index in [1.165, 1.54) is 26.4 Å². The van der Waals surface area contributed by atoms with Crippen molar-refractivity contribution in [3.63, 3.8) is 0 Å². The Kier molecular flexibility index (Phi) is 10.3. The number of rotatable bonds is 14. The van der Waals surface area contributed by atoms with Gasteiger partial charge in [0.15, 0.2) is 26.2 Å². The van der Waals surface area contributed by atoms with Gasteiger partial charge in [0.1, 0.15) is 28.6 Å². The molecule has 8 heteroatoms. The number of hydrogen-bond acceptors (Lipinski definition) is 8. The van der Waals surface area contributed by atoms with Crippen molar-refractivity contribution in [2.45, 2.75) is 6.42 Å². The summed E-state index contributed by atoms with van der Waals surface area (Å²) in [7, 11) is 4.48. The number of aromatic hydroxyl groups is 1. The lowest BCUT2D eigenvalue weighted by atomic mass is 9.99. The fraction of sp³-hybridized carbons (Fsp3) is 0.292. The normalized spacial score (nSPS) is 10.8. The van der Waals surface area contributed by atoms with Crippen molar-refractivity contribution >= 4 is 11.9 Å². The van der Waals surface area contributed by atoms with Gasteiger partial charge in [0, 0.05) is 33.0 Å². The van der Waals surface area contributed by atoms with Crippen molar-refractivity contribution in [1.29, 1.82) is 0 Å². The molecular formula is C24H28O8. The third-order valence-corrected chi connectivity index (χ3v) is 4.24. The fourth-order valence-electron chi connectivity index (χ4n) is 2.79. The molecule has 0 spiro atoms.